The maximum absolute atomic E-state index is 9.92. The summed E-state index contributed by atoms with van der Waals surface area (Å²) in [6.07, 6.45) is 1.83. The fourth-order valence-electron chi connectivity index (χ4n) is 3.85. The number of benzene rings is 3. The van der Waals surface area contributed by atoms with Crippen LogP contribution in [0.5, 0.6) is 5.75 Å². The van der Waals surface area contributed by atoms with Crippen molar-refractivity contribution in [1.29, 1.82) is 5.26 Å². The number of nitriles is 1. The molecule has 0 atom stereocenters. The first-order chi connectivity index (χ1) is 18.2. The Morgan fingerprint density at radius 1 is 1.13 bits per heavy atom. The normalized spacial score (nSPS) is 10.9. The molecule has 2 N–H and O–H groups in total. The van der Waals surface area contributed by atoms with Crippen LogP contribution in [0.3, 0.4) is 0 Å². The molecule has 0 radical (unpaired) electrons. The molecular weight excluding hydrogens is 500 g/mol. The van der Waals surface area contributed by atoms with Gasteiger partial charge < -0.3 is 19.7 Å². The summed E-state index contributed by atoms with van der Waals surface area (Å²) in [4.78, 5) is 19.2. The number of hydrogen-bond acceptors (Lipinski definition) is 5. The van der Waals surface area contributed by atoms with E-state index < -0.39 is 5.97 Å². The van der Waals surface area contributed by atoms with Crippen molar-refractivity contribution in [2.45, 2.75) is 34.3 Å². The Bertz CT molecular complexity index is 1460. The molecule has 0 spiro atoms. The third kappa shape index (κ3) is 7.61. The quantitative estimate of drug-likeness (QED) is 0.235. The largest absolute Gasteiger partial charge is 0.488 e. The van der Waals surface area contributed by atoms with E-state index in [9.17, 15) is 5.26 Å². The number of allylic oxidation sites excluding steroid dienone is 1. The number of aryl methyl sites for hydroxylation is 1. The number of rotatable bonds is 8. The summed E-state index contributed by atoms with van der Waals surface area (Å²) in [6.45, 7) is 9.55. The number of aromatic amines is 1. The highest BCUT2D eigenvalue weighted by Crippen LogP contribution is 2.30. The van der Waals surface area contributed by atoms with Crippen LogP contribution in [0, 0.1) is 18.3 Å². The lowest BCUT2D eigenvalue weighted by atomic mass is 10.1. The molecule has 0 saturated carbocycles. The Kier molecular flexibility index (Phi) is 9.92. The van der Waals surface area contributed by atoms with Crippen molar-refractivity contribution in [3.63, 3.8) is 0 Å². The molecule has 0 bridgehead atoms. The predicted molar refractivity (Wildman–Crippen MR) is 153 cm³/mol. The van der Waals surface area contributed by atoms with Crippen LogP contribution in [-0.4, -0.2) is 34.1 Å². The lowest BCUT2D eigenvalue weighted by molar-refractivity contribution is -0.134. The highest BCUT2D eigenvalue weighted by molar-refractivity contribution is 6.30. The molecule has 7 nitrogen and oxygen atoms in total. The number of carboxylic acids is 1. The third-order valence-corrected chi connectivity index (χ3v) is 6.00. The molecule has 0 aliphatic rings. The molecular formula is C30H31ClN4O3. The summed E-state index contributed by atoms with van der Waals surface area (Å²) in [5, 5.41) is 18.0. The molecule has 0 fully saturated rings. The predicted octanol–water partition coefficient (Wildman–Crippen LogP) is 7.11. The molecule has 1 aromatic heterocycles. The second-order valence-electron chi connectivity index (χ2n) is 8.60. The molecule has 3 aromatic carbocycles. The molecule has 1 heterocycles. The van der Waals surface area contributed by atoms with Crippen molar-refractivity contribution < 1.29 is 14.6 Å². The van der Waals surface area contributed by atoms with Gasteiger partial charge in [-0.1, -0.05) is 29.8 Å². The van der Waals surface area contributed by atoms with Crippen LogP contribution in [-0.2, 0) is 11.4 Å². The van der Waals surface area contributed by atoms with Crippen molar-refractivity contribution in [3.8, 4) is 11.8 Å². The van der Waals surface area contributed by atoms with E-state index in [1.54, 1.807) is 0 Å². The Hall–Kier alpha value is -4.28. The van der Waals surface area contributed by atoms with Gasteiger partial charge in [-0.25, -0.2) is 4.98 Å². The van der Waals surface area contributed by atoms with E-state index in [1.807, 2.05) is 67.6 Å². The number of imidazole rings is 1. The van der Waals surface area contributed by atoms with Gasteiger partial charge >= 0.3 is 0 Å². The van der Waals surface area contributed by atoms with Gasteiger partial charge in [0.2, 0.25) is 0 Å². The van der Waals surface area contributed by atoms with E-state index in [0.717, 1.165) is 53.4 Å². The number of hydrogen-bond donors (Lipinski definition) is 2. The van der Waals surface area contributed by atoms with Gasteiger partial charge in [-0.2, -0.15) is 5.26 Å². The first-order valence-electron chi connectivity index (χ1n) is 12.3. The van der Waals surface area contributed by atoms with Gasteiger partial charge in [0.1, 0.15) is 24.3 Å². The van der Waals surface area contributed by atoms with Crippen molar-refractivity contribution in [3.05, 3.63) is 88.2 Å². The minimum atomic E-state index is -0.833. The molecule has 38 heavy (non-hydrogen) atoms. The molecule has 4 aromatic rings. The van der Waals surface area contributed by atoms with Gasteiger partial charge in [-0.05, 0) is 74.4 Å². The molecule has 0 saturated heterocycles. The van der Waals surface area contributed by atoms with Crippen LogP contribution < -0.4 is 9.64 Å². The fourth-order valence-corrected chi connectivity index (χ4v) is 3.98. The van der Waals surface area contributed by atoms with Gasteiger partial charge in [0.15, 0.2) is 0 Å². The van der Waals surface area contributed by atoms with E-state index in [-0.39, 0.29) is 0 Å². The summed E-state index contributed by atoms with van der Waals surface area (Å²) in [5.74, 6) is 0.415. The number of carbonyl (C=O) groups is 1. The van der Waals surface area contributed by atoms with Gasteiger partial charge in [-0.3, -0.25) is 4.79 Å². The van der Waals surface area contributed by atoms with Crippen molar-refractivity contribution in [2.75, 3.05) is 18.0 Å². The Balaban J connectivity index is 0.000000934. The fraction of sp³-hybridized carbons (Fsp3) is 0.233. The Morgan fingerprint density at radius 3 is 2.45 bits per heavy atom. The molecule has 4 rings (SSSR count). The third-order valence-electron chi connectivity index (χ3n) is 5.75. The lowest BCUT2D eigenvalue weighted by Gasteiger charge is -2.22. The number of aromatic nitrogens is 2. The van der Waals surface area contributed by atoms with Crippen LogP contribution in [0.2, 0.25) is 5.02 Å². The van der Waals surface area contributed by atoms with Crippen LogP contribution in [0.4, 0.5) is 5.69 Å². The van der Waals surface area contributed by atoms with Crippen molar-refractivity contribution >= 4 is 45.9 Å². The average molecular weight is 531 g/mol. The topological polar surface area (TPSA) is 102 Å². The molecule has 0 aliphatic carbocycles. The number of fused-ring (bicyclic) bond motifs is 1. The zero-order chi connectivity index (χ0) is 27.7. The summed E-state index contributed by atoms with van der Waals surface area (Å²) in [7, 11) is 0. The van der Waals surface area contributed by atoms with Crippen molar-refractivity contribution in [1.82, 2.24) is 9.97 Å². The average Bonchev–Trinajstić information content (AvgIpc) is 3.31. The monoisotopic (exact) mass is 530 g/mol. The zero-order valence-electron chi connectivity index (χ0n) is 22.0. The Morgan fingerprint density at radius 2 is 1.82 bits per heavy atom. The van der Waals surface area contributed by atoms with E-state index in [4.69, 9.17) is 26.2 Å². The summed E-state index contributed by atoms with van der Waals surface area (Å²) in [5.41, 5.74) is 6.23. The highest BCUT2D eigenvalue weighted by atomic mass is 35.5. The van der Waals surface area contributed by atoms with E-state index in [1.165, 1.54) is 0 Å². The smallest absolute Gasteiger partial charge is 0.300 e. The Labute approximate surface area is 228 Å². The molecule has 0 aliphatic heterocycles. The summed E-state index contributed by atoms with van der Waals surface area (Å²) in [6, 6.07) is 22.0. The summed E-state index contributed by atoms with van der Waals surface area (Å²) < 4.78 is 6.24. The molecule has 0 amide bonds. The first-order valence-corrected chi connectivity index (χ1v) is 12.7. The van der Waals surface area contributed by atoms with E-state index in [0.29, 0.717) is 28.8 Å². The van der Waals surface area contributed by atoms with Gasteiger partial charge in [0.05, 0.1) is 16.6 Å². The second-order valence-corrected chi connectivity index (χ2v) is 9.04. The van der Waals surface area contributed by atoms with Gasteiger partial charge in [0, 0.05) is 42.4 Å². The van der Waals surface area contributed by atoms with Crippen LogP contribution in [0.25, 0.3) is 22.7 Å². The van der Waals surface area contributed by atoms with Gasteiger partial charge in [0.25, 0.3) is 5.97 Å². The maximum Gasteiger partial charge on any atom is 0.300 e. The lowest BCUT2D eigenvalue weighted by Crippen LogP contribution is -2.21. The second kappa shape index (κ2) is 13.3. The van der Waals surface area contributed by atoms with E-state index in [2.05, 4.69) is 40.9 Å². The number of ether oxygens (including phenoxy) is 1. The number of aliphatic carboxylic acids is 1. The SMILES string of the molecule is CC(=O)O.CCN(CC)c1ccc(/C=C(\C#N)c2nc3ccc(C)cc3[nH]2)c(OCc2ccc(Cl)cc2)c1. The zero-order valence-corrected chi connectivity index (χ0v) is 22.7. The molecule has 0 unspecified atom stereocenters. The van der Waals surface area contributed by atoms with E-state index >= 15 is 0 Å². The number of halogens is 1. The van der Waals surface area contributed by atoms with Gasteiger partial charge in [-0.15, -0.1) is 0 Å². The van der Waals surface area contributed by atoms with Crippen LogP contribution >= 0.6 is 11.6 Å². The van der Waals surface area contributed by atoms with Crippen LogP contribution in [0.1, 0.15) is 43.3 Å². The number of nitrogens with one attached hydrogen (secondary N) is 1. The number of carboxylic acid groups (broad SMARTS) is 1. The van der Waals surface area contributed by atoms with Crippen LogP contribution in [0.15, 0.2) is 60.7 Å². The standard InChI is InChI=1S/C28H27ClN4O.C2H4O2/c1-4-33(5-2)24-12-9-21(27(16-24)34-18-20-7-10-23(29)11-8-20)15-22(17-30)28-31-25-13-6-19(3)14-26(25)32-28;1-2(3)4/h6-16H,4-5,18H2,1-3H3,(H,31,32);1H3,(H,3,4)/b22-15+;. The maximum atomic E-state index is 9.92. The number of H-pyrrole nitrogens is 1. The minimum Gasteiger partial charge on any atom is -0.488 e. The summed E-state index contributed by atoms with van der Waals surface area (Å²) >= 11 is 6.02. The number of anilines is 1. The number of nitrogens with zero attached hydrogens (tertiary/aromatic N) is 3. The molecule has 196 valence electrons. The molecule has 8 heteroatoms. The minimum absolute atomic E-state index is 0.394. The van der Waals surface area contributed by atoms with Crippen molar-refractivity contribution in [2.24, 2.45) is 0 Å². The first kappa shape index (κ1) is 28.3. The highest BCUT2D eigenvalue weighted by Gasteiger charge is 2.13.